The van der Waals surface area contributed by atoms with Gasteiger partial charge in [-0.05, 0) is 118 Å². The minimum absolute atomic E-state index is 0.924. The van der Waals surface area contributed by atoms with Crippen LogP contribution in [-0.2, 0) is 4.74 Å². The molecule has 0 aromatic heterocycles. The first-order valence-corrected chi connectivity index (χ1v) is 19.8. The molecule has 0 bridgehead atoms. The van der Waals surface area contributed by atoms with Gasteiger partial charge in [0.05, 0.1) is 13.2 Å². The molecule has 0 aromatic rings. The van der Waals surface area contributed by atoms with Gasteiger partial charge < -0.3 is 39.5 Å². The van der Waals surface area contributed by atoms with Crippen LogP contribution in [0.2, 0.25) is 0 Å². The van der Waals surface area contributed by atoms with Crippen molar-refractivity contribution in [2.45, 2.75) is 80.1 Å². The number of hydrogen-bond donors (Lipinski definition) is 1. The van der Waals surface area contributed by atoms with E-state index in [0.29, 0.717) is 0 Å². The van der Waals surface area contributed by atoms with Crippen LogP contribution >= 0.6 is 0 Å². The number of nitrogens with one attached hydrogen (secondary N) is 1. The molecule has 46 heavy (non-hydrogen) atoms. The Balaban J connectivity index is 0.000000277. The maximum Gasteiger partial charge on any atom is 0.0594 e. The van der Waals surface area contributed by atoms with Crippen molar-refractivity contribution in [2.75, 3.05) is 164 Å². The Morgan fingerprint density at radius 3 is 1.00 bits per heavy atom. The van der Waals surface area contributed by atoms with Gasteiger partial charge in [0.25, 0.3) is 0 Å². The average molecular weight is 655 g/mol. The first-order chi connectivity index (χ1) is 22.5. The summed E-state index contributed by atoms with van der Waals surface area (Å²) in [6, 6.07) is 0. The van der Waals surface area contributed by atoms with E-state index < -0.39 is 0 Å². The van der Waals surface area contributed by atoms with Gasteiger partial charge in [-0.1, -0.05) is 48.0 Å². The van der Waals surface area contributed by atoms with E-state index >= 15 is 0 Å². The monoisotopic (exact) mass is 655 g/mol. The molecule has 0 radical (unpaired) electrons. The van der Waals surface area contributed by atoms with Crippen molar-refractivity contribution < 1.29 is 4.74 Å². The van der Waals surface area contributed by atoms with Gasteiger partial charge in [-0.2, -0.15) is 0 Å². The van der Waals surface area contributed by atoms with Crippen LogP contribution in [0.4, 0.5) is 0 Å². The summed E-state index contributed by atoms with van der Waals surface area (Å²) in [6.07, 6.45) is 8.58. The zero-order chi connectivity index (χ0) is 33.7. The summed E-state index contributed by atoms with van der Waals surface area (Å²) in [6.45, 7) is 42.6. The van der Waals surface area contributed by atoms with E-state index in [0.717, 1.165) is 26.3 Å². The van der Waals surface area contributed by atoms with E-state index in [2.05, 4.69) is 88.2 Å². The van der Waals surface area contributed by atoms with Crippen LogP contribution in [0.5, 0.6) is 0 Å². The lowest BCUT2D eigenvalue weighted by Gasteiger charge is -2.31. The summed E-state index contributed by atoms with van der Waals surface area (Å²) < 4.78 is 5.16. The molecule has 1 N–H and O–H groups in total. The number of hydrogen-bond acceptors (Lipinski definition) is 9. The number of likely N-dealkylation sites (N-methyl/N-ethyl adjacent to an activating group) is 4. The van der Waals surface area contributed by atoms with E-state index in [9.17, 15) is 0 Å². The number of morpholine rings is 1. The molecule has 6 fully saturated rings. The Kier molecular flexibility index (Phi) is 29.1. The number of piperazine rings is 2. The predicted molar refractivity (Wildman–Crippen MR) is 202 cm³/mol. The standard InChI is InChI=1S/C7H16N2.C7H15N.C6H14N2.C6H13NO.C6H13N.C5H11N/c1-3-9-6-4-8(2)5-7-9;1-2-8-6-4-3-5-7-8;1-2-8-5-3-7-4-6-8;1-2-7-3-5-8-6-4-7;1-2-7-5-3-4-6-7;1-2-6-4-3-5-6/h3-7H2,1-2H3;2-7H2,1H3;7H,2-6H2,1H3;2-6H2,1H3;2-6H2,1H3;2-5H2,1H3. The molecule has 6 aliphatic heterocycles. The van der Waals surface area contributed by atoms with Gasteiger partial charge in [0.2, 0.25) is 0 Å². The summed E-state index contributed by atoms with van der Waals surface area (Å²) in [4.78, 5) is 17.1. The van der Waals surface area contributed by atoms with Crippen molar-refractivity contribution >= 4 is 0 Å². The first-order valence-electron chi connectivity index (χ1n) is 19.8. The molecular weight excluding hydrogens is 572 g/mol. The van der Waals surface area contributed by atoms with Crippen molar-refractivity contribution in [1.82, 2.24) is 39.6 Å². The molecule has 9 nitrogen and oxygen atoms in total. The van der Waals surface area contributed by atoms with Crippen LogP contribution in [0.1, 0.15) is 80.1 Å². The normalized spacial score (nSPS) is 23.8. The SMILES string of the molecule is CCN1CCC1.CCN1CCCC1.CCN1CCCCC1.CCN1CCN(C)CC1.CCN1CCNCC1.CCN1CCOCC1. The largest absolute Gasteiger partial charge is 0.379 e. The van der Waals surface area contributed by atoms with Crippen molar-refractivity contribution in [3.05, 3.63) is 0 Å². The summed E-state index contributed by atoms with van der Waals surface area (Å²) in [7, 11) is 2.19. The molecule has 0 amide bonds. The maximum atomic E-state index is 5.16. The fraction of sp³-hybridized carbons (Fsp3) is 1.00. The van der Waals surface area contributed by atoms with Crippen molar-refractivity contribution in [2.24, 2.45) is 0 Å². The first kappa shape index (κ1) is 43.7. The molecule has 0 spiro atoms. The topological polar surface area (TPSA) is 43.9 Å². The minimum atomic E-state index is 0.924. The average Bonchev–Trinajstić information content (AvgIpc) is 3.65. The molecule has 6 rings (SSSR count). The van der Waals surface area contributed by atoms with E-state index in [-0.39, 0.29) is 0 Å². The van der Waals surface area contributed by atoms with Gasteiger partial charge in [-0.25, -0.2) is 0 Å². The fourth-order valence-electron chi connectivity index (χ4n) is 6.18. The molecule has 6 aliphatic rings. The molecule has 0 saturated carbocycles. The summed E-state index contributed by atoms with van der Waals surface area (Å²) in [5, 5.41) is 3.31. The van der Waals surface area contributed by atoms with E-state index in [4.69, 9.17) is 4.74 Å². The Morgan fingerprint density at radius 2 is 0.696 bits per heavy atom. The Labute approximate surface area is 288 Å². The van der Waals surface area contributed by atoms with Crippen molar-refractivity contribution in [1.29, 1.82) is 0 Å². The highest BCUT2D eigenvalue weighted by atomic mass is 16.5. The lowest BCUT2D eigenvalue weighted by molar-refractivity contribution is 0.0405. The number of nitrogens with zero attached hydrogens (tertiary/aromatic N) is 7. The number of ether oxygens (including phenoxy) is 1. The molecule has 9 heteroatoms. The number of likely N-dealkylation sites (tertiary alicyclic amines) is 3. The highest BCUT2D eigenvalue weighted by Gasteiger charge is 2.11. The molecule has 0 aliphatic carbocycles. The number of piperidine rings is 1. The molecule has 0 unspecified atom stereocenters. The molecule has 6 heterocycles. The smallest absolute Gasteiger partial charge is 0.0594 e. The Hall–Kier alpha value is -0.360. The third kappa shape index (κ3) is 23.1. The summed E-state index contributed by atoms with van der Waals surface area (Å²) >= 11 is 0. The lowest BCUT2D eigenvalue weighted by atomic mass is 10.1. The second-order valence-electron chi connectivity index (χ2n) is 13.4. The molecule has 6 saturated heterocycles. The van der Waals surface area contributed by atoms with Crippen LogP contribution < -0.4 is 5.32 Å². The van der Waals surface area contributed by atoms with Crippen LogP contribution in [0.3, 0.4) is 0 Å². The van der Waals surface area contributed by atoms with Crippen LogP contribution in [-0.4, -0.2) is 199 Å². The second kappa shape index (κ2) is 30.7. The van der Waals surface area contributed by atoms with E-state index in [1.165, 1.54) is 169 Å². The minimum Gasteiger partial charge on any atom is -0.379 e. The molecular formula is C37H82N8O. The van der Waals surface area contributed by atoms with Gasteiger partial charge >= 0.3 is 0 Å². The highest BCUT2D eigenvalue weighted by molar-refractivity contribution is 4.68. The van der Waals surface area contributed by atoms with Gasteiger partial charge in [-0.15, -0.1) is 0 Å². The van der Waals surface area contributed by atoms with Gasteiger partial charge in [-0.3, -0.25) is 4.90 Å². The molecule has 276 valence electrons. The number of rotatable bonds is 6. The van der Waals surface area contributed by atoms with Crippen LogP contribution in [0.15, 0.2) is 0 Å². The maximum absolute atomic E-state index is 5.16. The highest BCUT2D eigenvalue weighted by Crippen LogP contribution is 2.07. The molecule has 0 aromatic carbocycles. The summed E-state index contributed by atoms with van der Waals surface area (Å²) in [5.41, 5.74) is 0. The Morgan fingerprint density at radius 1 is 0.370 bits per heavy atom. The van der Waals surface area contributed by atoms with Crippen LogP contribution in [0.25, 0.3) is 0 Å². The van der Waals surface area contributed by atoms with Crippen molar-refractivity contribution in [3.63, 3.8) is 0 Å². The van der Waals surface area contributed by atoms with Gasteiger partial charge in [0.1, 0.15) is 0 Å². The van der Waals surface area contributed by atoms with Crippen LogP contribution in [0, 0.1) is 0 Å². The lowest BCUT2D eigenvalue weighted by Crippen LogP contribution is -2.44. The zero-order valence-electron chi connectivity index (χ0n) is 32.3. The third-order valence-electron chi connectivity index (χ3n) is 10.2. The third-order valence-corrected chi connectivity index (χ3v) is 10.2. The predicted octanol–water partition coefficient (Wildman–Crippen LogP) is 3.81. The fourth-order valence-corrected chi connectivity index (χ4v) is 6.18. The summed E-state index contributed by atoms with van der Waals surface area (Å²) in [5.74, 6) is 0. The van der Waals surface area contributed by atoms with Crippen molar-refractivity contribution in [3.8, 4) is 0 Å². The van der Waals surface area contributed by atoms with Gasteiger partial charge in [0.15, 0.2) is 0 Å². The Bertz CT molecular complexity index is 563. The zero-order valence-corrected chi connectivity index (χ0v) is 32.3. The quantitative estimate of drug-likeness (QED) is 0.461. The van der Waals surface area contributed by atoms with E-state index in [1.807, 2.05) is 0 Å². The second-order valence-corrected chi connectivity index (χ2v) is 13.4. The van der Waals surface area contributed by atoms with E-state index in [1.54, 1.807) is 0 Å². The molecule has 0 atom stereocenters. The van der Waals surface area contributed by atoms with Gasteiger partial charge in [0, 0.05) is 65.4 Å².